The second kappa shape index (κ2) is 4.69. The van der Waals surface area contributed by atoms with E-state index in [1.165, 1.54) is 0 Å². The number of aliphatic hydroxyl groups excluding tert-OH is 1. The summed E-state index contributed by atoms with van der Waals surface area (Å²) >= 11 is 1.64. The average molecular weight is 275 g/mol. The minimum Gasteiger partial charge on any atom is -0.394 e. The molecule has 2 heterocycles. The van der Waals surface area contributed by atoms with Crippen LogP contribution in [0.2, 0.25) is 0 Å². The van der Waals surface area contributed by atoms with E-state index < -0.39 is 6.04 Å². The molecule has 0 spiro atoms. The molecule has 3 N–H and O–H groups in total. The van der Waals surface area contributed by atoms with Gasteiger partial charge in [0.15, 0.2) is 0 Å². The van der Waals surface area contributed by atoms with Crippen molar-refractivity contribution in [1.82, 2.24) is 20.0 Å². The first-order valence-electron chi connectivity index (χ1n) is 5.83. The van der Waals surface area contributed by atoms with Crippen molar-refractivity contribution in [2.45, 2.75) is 13.0 Å². The molecule has 0 aliphatic heterocycles. The van der Waals surface area contributed by atoms with Crippen molar-refractivity contribution in [1.29, 1.82) is 0 Å². The lowest BCUT2D eigenvalue weighted by molar-refractivity contribution is 0.266. The highest BCUT2D eigenvalue weighted by Gasteiger charge is 2.10. The van der Waals surface area contributed by atoms with E-state index in [9.17, 15) is 0 Å². The smallest absolute Gasteiger partial charge is 0.102 e. The lowest BCUT2D eigenvalue weighted by Gasteiger charge is -2.01. The third-order valence-corrected chi connectivity index (χ3v) is 3.76. The summed E-state index contributed by atoms with van der Waals surface area (Å²) in [5, 5.41) is 18.0. The standard InChI is InChI=1S/C12H13N5OS/c1-7-14-10-3-2-8(4-12(10)19-7)17-5-11(15-16-17)9(13)6-18/h2-5,9,18H,6,13H2,1H3. The van der Waals surface area contributed by atoms with Gasteiger partial charge < -0.3 is 10.8 Å². The third-order valence-electron chi connectivity index (χ3n) is 2.83. The number of thiazole rings is 1. The maximum absolute atomic E-state index is 9.00. The predicted molar refractivity (Wildman–Crippen MR) is 73.3 cm³/mol. The molecule has 3 rings (SSSR count). The molecule has 0 aliphatic carbocycles. The summed E-state index contributed by atoms with van der Waals surface area (Å²) in [6.45, 7) is 1.84. The monoisotopic (exact) mass is 275 g/mol. The Hall–Kier alpha value is -1.83. The number of aromatic nitrogens is 4. The van der Waals surface area contributed by atoms with E-state index in [-0.39, 0.29) is 6.61 Å². The van der Waals surface area contributed by atoms with Gasteiger partial charge in [-0.3, -0.25) is 0 Å². The molecule has 0 aliphatic rings. The summed E-state index contributed by atoms with van der Waals surface area (Å²) in [7, 11) is 0. The fourth-order valence-corrected chi connectivity index (χ4v) is 2.70. The summed E-state index contributed by atoms with van der Waals surface area (Å²) < 4.78 is 2.76. The highest BCUT2D eigenvalue weighted by Crippen LogP contribution is 2.24. The molecule has 2 aromatic heterocycles. The van der Waals surface area contributed by atoms with Gasteiger partial charge in [0.1, 0.15) is 5.69 Å². The molecule has 0 amide bonds. The zero-order chi connectivity index (χ0) is 13.4. The number of aryl methyl sites for hydroxylation is 1. The number of hydrogen-bond donors (Lipinski definition) is 2. The van der Waals surface area contributed by atoms with E-state index in [0.717, 1.165) is 20.9 Å². The molecule has 0 fully saturated rings. The Bertz CT molecular complexity index is 720. The topological polar surface area (TPSA) is 89.9 Å². The van der Waals surface area contributed by atoms with Gasteiger partial charge in [-0.25, -0.2) is 9.67 Å². The van der Waals surface area contributed by atoms with Crippen molar-refractivity contribution in [2.75, 3.05) is 6.61 Å². The largest absolute Gasteiger partial charge is 0.394 e. The lowest BCUT2D eigenvalue weighted by atomic mass is 10.2. The minimum absolute atomic E-state index is 0.147. The maximum Gasteiger partial charge on any atom is 0.102 e. The summed E-state index contributed by atoms with van der Waals surface area (Å²) in [6, 6.07) is 5.41. The van der Waals surface area contributed by atoms with E-state index in [1.54, 1.807) is 22.2 Å². The SMILES string of the molecule is Cc1nc2ccc(-n3cc(C(N)CO)nn3)cc2s1. The first-order valence-corrected chi connectivity index (χ1v) is 6.65. The third kappa shape index (κ3) is 2.23. The zero-order valence-corrected chi connectivity index (χ0v) is 11.1. The molecule has 0 radical (unpaired) electrons. The van der Waals surface area contributed by atoms with Gasteiger partial charge in [0.05, 0.1) is 39.8 Å². The van der Waals surface area contributed by atoms with Crippen molar-refractivity contribution in [3.05, 3.63) is 35.1 Å². The number of benzene rings is 1. The first kappa shape index (κ1) is 12.2. The first-order chi connectivity index (χ1) is 9.17. The van der Waals surface area contributed by atoms with Crippen LogP contribution in [0.4, 0.5) is 0 Å². The van der Waals surface area contributed by atoms with E-state index >= 15 is 0 Å². The molecule has 0 bridgehead atoms. The summed E-state index contributed by atoms with van der Waals surface area (Å²) in [6.07, 6.45) is 1.73. The van der Waals surface area contributed by atoms with Crippen LogP contribution in [0.1, 0.15) is 16.7 Å². The molecular weight excluding hydrogens is 262 g/mol. The molecule has 0 saturated carbocycles. The molecule has 7 heteroatoms. The van der Waals surface area contributed by atoms with Gasteiger partial charge in [-0.05, 0) is 25.1 Å². The van der Waals surface area contributed by atoms with Crippen molar-refractivity contribution >= 4 is 21.6 Å². The van der Waals surface area contributed by atoms with Gasteiger partial charge >= 0.3 is 0 Å². The van der Waals surface area contributed by atoms with Gasteiger partial charge in [0.2, 0.25) is 0 Å². The molecule has 98 valence electrons. The van der Waals surface area contributed by atoms with Crippen LogP contribution >= 0.6 is 11.3 Å². The fourth-order valence-electron chi connectivity index (χ4n) is 1.84. The Balaban J connectivity index is 2.01. The Kier molecular flexibility index (Phi) is 3.02. The zero-order valence-electron chi connectivity index (χ0n) is 10.3. The molecule has 1 aromatic carbocycles. The molecule has 19 heavy (non-hydrogen) atoms. The van der Waals surface area contributed by atoms with E-state index in [4.69, 9.17) is 10.8 Å². The Morgan fingerprint density at radius 2 is 2.32 bits per heavy atom. The van der Waals surface area contributed by atoms with Gasteiger partial charge in [-0.2, -0.15) is 0 Å². The number of aliphatic hydroxyl groups is 1. The van der Waals surface area contributed by atoms with Crippen LogP contribution in [0.25, 0.3) is 15.9 Å². The van der Waals surface area contributed by atoms with Gasteiger partial charge in [0, 0.05) is 0 Å². The van der Waals surface area contributed by atoms with Crippen LogP contribution in [0.3, 0.4) is 0 Å². The Morgan fingerprint density at radius 1 is 1.47 bits per heavy atom. The van der Waals surface area contributed by atoms with Crippen LogP contribution in [-0.4, -0.2) is 31.7 Å². The molecule has 1 unspecified atom stereocenters. The summed E-state index contributed by atoms with van der Waals surface area (Å²) in [4.78, 5) is 4.41. The average Bonchev–Trinajstić information content (AvgIpc) is 3.01. The highest BCUT2D eigenvalue weighted by molar-refractivity contribution is 7.18. The molecule has 3 aromatic rings. The van der Waals surface area contributed by atoms with Crippen molar-refractivity contribution < 1.29 is 5.11 Å². The van der Waals surface area contributed by atoms with Crippen LogP contribution < -0.4 is 5.73 Å². The van der Waals surface area contributed by atoms with Gasteiger partial charge in [0.25, 0.3) is 0 Å². The summed E-state index contributed by atoms with van der Waals surface area (Å²) in [5.41, 5.74) is 8.17. The van der Waals surface area contributed by atoms with Gasteiger partial charge in [-0.15, -0.1) is 16.4 Å². The van der Waals surface area contributed by atoms with E-state index in [1.807, 2.05) is 25.1 Å². The van der Waals surface area contributed by atoms with Crippen LogP contribution in [0.15, 0.2) is 24.4 Å². The number of nitrogens with zero attached hydrogens (tertiary/aromatic N) is 4. The number of fused-ring (bicyclic) bond motifs is 1. The normalized spacial score (nSPS) is 13.0. The Morgan fingerprint density at radius 3 is 3.11 bits per heavy atom. The van der Waals surface area contributed by atoms with Crippen molar-refractivity contribution in [3.63, 3.8) is 0 Å². The maximum atomic E-state index is 9.00. The van der Waals surface area contributed by atoms with Gasteiger partial charge in [-0.1, -0.05) is 5.21 Å². The van der Waals surface area contributed by atoms with Crippen LogP contribution in [0.5, 0.6) is 0 Å². The fraction of sp³-hybridized carbons (Fsp3) is 0.250. The minimum atomic E-state index is -0.497. The highest BCUT2D eigenvalue weighted by atomic mass is 32.1. The number of hydrogen-bond acceptors (Lipinski definition) is 6. The summed E-state index contributed by atoms with van der Waals surface area (Å²) in [5.74, 6) is 0. The predicted octanol–water partition coefficient (Wildman–Crippen LogP) is 1.18. The van der Waals surface area contributed by atoms with Crippen LogP contribution in [-0.2, 0) is 0 Å². The second-order valence-corrected chi connectivity index (χ2v) is 5.50. The quantitative estimate of drug-likeness (QED) is 0.749. The molecular formula is C12H13N5OS. The van der Waals surface area contributed by atoms with Crippen molar-refractivity contribution in [3.8, 4) is 5.69 Å². The Labute approximate surface area is 113 Å². The molecule has 6 nitrogen and oxygen atoms in total. The van der Waals surface area contributed by atoms with E-state index in [0.29, 0.717) is 5.69 Å². The molecule has 1 atom stereocenters. The van der Waals surface area contributed by atoms with Crippen LogP contribution in [0, 0.1) is 6.92 Å². The van der Waals surface area contributed by atoms with Crippen molar-refractivity contribution in [2.24, 2.45) is 5.73 Å². The second-order valence-electron chi connectivity index (χ2n) is 4.26. The number of rotatable bonds is 3. The lowest BCUT2D eigenvalue weighted by Crippen LogP contribution is -2.14. The molecule has 0 saturated heterocycles. The van der Waals surface area contributed by atoms with E-state index in [2.05, 4.69) is 15.3 Å². The number of nitrogens with two attached hydrogens (primary N) is 1.